The Hall–Kier alpha value is -1.51. The average molecular weight is 489 g/mol. The van der Waals surface area contributed by atoms with Crippen LogP contribution in [0.2, 0.25) is 0 Å². The first kappa shape index (κ1) is 31.5. The van der Waals surface area contributed by atoms with Crippen LogP contribution in [0.25, 0.3) is 0 Å². The minimum Gasteiger partial charge on any atom is -0.508 e. The molecule has 1 atom stereocenters. The molecule has 0 radical (unpaired) electrons. The maximum atomic E-state index is 12.7. The van der Waals surface area contributed by atoms with Gasteiger partial charge in [-0.2, -0.15) is 0 Å². The standard InChI is InChI=1S/C32H56O3/c1-7-8-9-10-11-12-13-14-15-16-17-18-19-20-21-22-23-35-31(34)27(3)30-26(2)24-28(33)25-29(30)32(4,5)6/h24-25,27,33H,7-23H2,1-6H3. The van der Waals surface area contributed by atoms with Gasteiger partial charge in [0, 0.05) is 0 Å². The molecule has 3 heteroatoms. The van der Waals surface area contributed by atoms with Crippen LogP contribution in [-0.2, 0) is 14.9 Å². The molecule has 0 aliphatic heterocycles. The van der Waals surface area contributed by atoms with E-state index in [1.165, 1.54) is 89.9 Å². The maximum Gasteiger partial charge on any atom is 0.313 e. The lowest BCUT2D eigenvalue weighted by Gasteiger charge is -2.27. The zero-order chi connectivity index (χ0) is 26.1. The highest BCUT2D eigenvalue weighted by Crippen LogP contribution is 2.36. The van der Waals surface area contributed by atoms with E-state index in [1.54, 1.807) is 12.1 Å². The summed E-state index contributed by atoms with van der Waals surface area (Å²) in [5, 5.41) is 10.1. The number of rotatable bonds is 19. The van der Waals surface area contributed by atoms with Gasteiger partial charge in [-0.1, -0.05) is 124 Å². The number of esters is 1. The van der Waals surface area contributed by atoms with Crippen LogP contribution >= 0.6 is 0 Å². The minimum absolute atomic E-state index is 0.152. The Balaban J connectivity index is 2.11. The molecule has 3 nitrogen and oxygen atoms in total. The molecule has 1 aromatic carbocycles. The van der Waals surface area contributed by atoms with Gasteiger partial charge in [0.05, 0.1) is 12.5 Å². The van der Waals surface area contributed by atoms with Crippen molar-refractivity contribution in [3.63, 3.8) is 0 Å². The van der Waals surface area contributed by atoms with Crippen LogP contribution < -0.4 is 0 Å². The zero-order valence-corrected chi connectivity index (χ0v) is 24.0. The summed E-state index contributed by atoms with van der Waals surface area (Å²) >= 11 is 0. The predicted molar refractivity (Wildman–Crippen MR) is 150 cm³/mol. The van der Waals surface area contributed by atoms with Crippen LogP contribution in [0.4, 0.5) is 0 Å². The van der Waals surface area contributed by atoms with Gasteiger partial charge in [0.1, 0.15) is 5.75 Å². The van der Waals surface area contributed by atoms with Gasteiger partial charge in [0.15, 0.2) is 0 Å². The quantitative estimate of drug-likeness (QED) is 0.156. The highest BCUT2D eigenvalue weighted by atomic mass is 16.5. The molecule has 0 heterocycles. The molecule has 1 unspecified atom stereocenters. The van der Waals surface area contributed by atoms with Crippen LogP contribution in [0.1, 0.15) is 160 Å². The molecule has 202 valence electrons. The predicted octanol–water partition coefficient (Wildman–Crippen LogP) is 9.91. The number of carbonyl (C=O) groups excluding carboxylic acids is 1. The minimum atomic E-state index is -0.328. The zero-order valence-electron chi connectivity index (χ0n) is 24.0. The third-order valence-corrected chi connectivity index (χ3v) is 7.21. The summed E-state index contributed by atoms with van der Waals surface area (Å²) < 4.78 is 5.63. The molecule has 1 N–H and O–H groups in total. The van der Waals surface area contributed by atoms with Gasteiger partial charge in [-0.05, 0) is 54.5 Å². The Morgan fingerprint density at radius 3 is 1.66 bits per heavy atom. The highest BCUT2D eigenvalue weighted by molar-refractivity contribution is 5.79. The molecule has 0 aliphatic rings. The molecular weight excluding hydrogens is 432 g/mol. The molecule has 0 aromatic heterocycles. The number of unbranched alkanes of at least 4 members (excludes halogenated alkanes) is 15. The van der Waals surface area contributed by atoms with E-state index in [2.05, 4.69) is 27.7 Å². The molecule has 0 amide bonds. The third kappa shape index (κ3) is 13.4. The first-order chi connectivity index (χ1) is 16.7. The van der Waals surface area contributed by atoms with E-state index in [0.717, 1.165) is 29.5 Å². The van der Waals surface area contributed by atoms with E-state index in [0.29, 0.717) is 6.61 Å². The second kappa shape index (κ2) is 17.8. The van der Waals surface area contributed by atoms with Crippen molar-refractivity contribution in [3.05, 3.63) is 28.8 Å². The van der Waals surface area contributed by atoms with Gasteiger partial charge in [0.25, 0.3) is 0 Å². The van der Waals surface area contributed by atoms with E-state index in [-0.39, 0.29) is 23.1 Å². The maximum absolute atomic E-state index is 12.7. The van der Waals surface area contributed by atoms with Crippen LogP contribution in [0.15, 0.2) is 12.1 Å². The molecule has 0 aliphatic carbocycles. The Morgan fingerprint density at radius 2 is 1.23 bits per heavy atom. The normalized spacial score (nSPS) is 12.6. The Morgan fingerprint density at radius 1 is 0.800 bits per heavy atom. The summed E-state index contributed by atoms with van der Waals surface area (Å²) in [6.45, 7) is 13.0. The van der Waals surface area contributed by atoms with Crippen molar-refractivity contribution in [3.8, 4) is 5.75 Å². The summed E-state index contributed by atoms with van der Waals surface area (Å²) in [5.74, 6) is -0.235. The largest absolute Gasteiger partial charge is 0.508 e. The Kier molecular flexibility index (Phi) is 16.1. The number of benzene rings is 1. The van der Waals surface area contributed by atoms with Gasteiger partial charge < -0.3 is 9.84 Å². The summed E-state index contributed by atoms with van der Waals surface area (Å²) in [7, 11) is 0. The fourth-order valence-electron chi connectivity index (χ4n) is 5.04. The summed E-state index contributed by atoms with van der Waals surface area (Å²) in [6, 6.07) is 3.53. The van der Waals surface area contributed by atoms with Crippen molar-refractivity contribution in [1.29, 1.82) is 0 Å². The lowest BCUT2D eigenvalue weighted by molar-refractivity contribution is -0.145. The number of ether oxygens (including phenoxy) is 1. The van der Waals surface area contributed by atoms with E-state index >= 15 is 0 Å². The molecule has 0 saturated carbocycles. The highest BCUT2D eigenvalue weighted by Gasteiger charge is 2.27. The van der Waals surface area contributed by atoms with E-state index < -0.39 is 0 Å². The van der Waals surface area contributed by atoms with Crippen molar-refractivity contribution < 1.29 is 14.6 Å². The fourth-order valence-corrected chi connectivity index (χ4v) is 5.04. The van der Waals surface area contributed by atoms with Crippen LogP contribution in [0.3, 0.4) is 0 Å². The molecule has 0 saturated heterocycles. The monoisotopic (exact) mass is 488 g/mol. The molecular formula is C32H56O3. The summed E-state index contributed by atoms with van der Waals surface area (Å²) in [5.41, 5.74) is 2.80. The SMILES string of the molecule is CCCCCCCCCCCCCCCCCCOC(=O)C(C)c1c(C)cc(O)cc1C(C)(C)C. The number of hydrogen-bond acceptors (Lipinski definition) is 3. The molecule has 35 heavy (non-hydrogen) atoms. The van der Waals surface area contributed by atoms with Crippen molar-refractivity contribution >= 4 is 5.97 Å². The van der Waals surface area contributed by atoms with Crippen molar-refractivity contribution in [2.45, 2.75) is 156 Å². The van der Waals surface area contributed by atoms with Gasteiger partial charge in [-0.15, -0.1) is 0 Å². The van der Waals surface area contributed by atoms with Crippen LogP contribution in [0, 0.1) is 6.92 Å². The number of phenols is 1. The van der Waals surface area contributed by atoms with Crippen LogP contribution in [0.5, 0.6) is 5.75 Å². The smallest absolute Gasteiger partial charge is 0.313 e. The lowest BCUT2D eigenvalue weighted by atomic mass is 9.78. The van der Waals surface area contributed by atoms with Gasteiger partial charge in [0.2, 0.25) is 0 Å². The van der Waals surface area contributed by atoms with E-state index in [4.69, 9.17) is 4.74 Å². The molecule has 1 rings (SSSR count). The number of hydrogen-bond donors (Lipinski definition) is 1. The number of aromatic hydroxyl groups is 1. The molecule has 0 spiro atoms. The Bertz CT molecular complexity index is 701. The summed E-state index contributed by atoms with van der Waals surface area (Å²) in [6.07, 6.45) is 21.4. The number of carbonyl (C=O) groups is 1. The van der Waals surface area contributed by atoms with E-state index in [9.17, 15) is 9.90 Å². The van der Waals surface area contributed by atoms with Gasteiger partial charge in [-0.3, -0.25) is 4.79 Å². The van der Waals surface area contributed by atoms with Gasteiger partial charge >= 0.3 is 5.97 Å². The van der Waals surface area contributed by atoms with E-state index in [1.807, 2.05) is 13.8 Å². The Labute approximate surface area is 217 Å². The van der Waals surface area contributed by atoms with Crippen LogP contribution in [-0.4, -0.2) is 17.7 Å². The second-order valence-electron chi connectivity index (χ2n) is 11.7. The summed E-state index contributed by atoms with van der Waals surface area (Å²) in [4.78, 5) is 12.7. The number of phenolic OH excluding ortho intramolecular Hbond substituents is 1. The first-order valence-electron chi connectivity index (χ1n) is 14.7. The average Bonchev–Trinajstić information content (AvgIpc) is 2.79. The second-order valence-corrected chi connectivity index (χ2v) is 11.7. The molecule has 1 aromatic rings. The molecule has 0 bridgehead atoms. The fraction of sp³-hybridized carbons (Fsp3) is 0.781. The first-order valence-corrected chi connectivity index (χ1v) is 14.7. The van der Waals surface area contributed by atoms with Gasteiger partial charge in [-0.25, -0.2) is 0 Å². The lowest BCUT2D eigenvalue weighted by Crippen LogP contribution is -2.21. The topological polar surface area (TPSA) is 46.5 Å². The number of aryl methyl sites for hydroxylation is 1. The molecule has 0 fully saturated rings. The van der Waals surface area contributed by atoms with Crippen molar-refractivity contribution in [2.24, 2.45) is 0 Å². The van der Waals surface area contributed by atoms with Crippen molar-refractivity contribution in [2.75, 3.05) is 6.61 Å². The van der Waals surface area contributed by atoms with Crippen molar-refractivity contribution in [1.82, 2.24) is 0 Å². The third-order valence-electron chi connectivity index (χ3n) is 7.21.